The third-order valence-corrected chi connectivity index (χ3v) is 8.44. The van der Waals surface area contributed by atoms with Gasteiger partial charge in [-0.05, 0) is 69.8 Å². The maximum absolute atomic E-state index is 12.6. The molecule has 172 valence electrons. The van der Waals surface area contributed by atoms with Crippen molar-refractivity contribution in [2.75, 3.05) is 6.54 Å². The standard InChI is InChI=1S/C28H37NO3/c1-5-18(2)25-19(3)17-20-11-6-7-12-21(20)28(25,4)15-9-8-14-23(30)24-26(31)22-13-10-16-29(22)27(24)32/h5,8-9,14-15,17,20-22,25,30H,6-7,10-13,16H2,1-4H3/b14-8+,15-9+,18-5+,24-23-/t20-,21+,22+,25+,28-/m1/s1. The van der Waals surface area contributed by atoms with Crippen LogP contribution in [-0.2, 0) is 9.59 Å². The Morgan fingerprint density at radius 2 is 1.91 bits per heavy atom. The van der Waals surface area contributed by atoms with E-state index in [-0.39, 0.29) is 34.5 Å². The molecule has 0 bridgehead atoms. The predicted octanol–water partition coefficient (Wildman–Crippen LogP) is 5.84. The lowest BCUT2D eigenvalue weighted by Crippen LogP contribution is -2.43. The van der Waals surface area contributed by atoms with Crippen LogP contribution in [0, 0.1) is 23.2 Å². The average Bonchev–Trinajstić information content (AvgIpc) is 3.34. The topological polar surface area (TPSA) is 57.6 Å². The van der Waals surface area contributed by atoms with E-state index in [4.69, 9.17) is 0 Å². The minimum absolute atomic E-state index is 0.00462. The van der Waals surface area contributed by atoms with Crippen LogP contribution in [0.5, 0.6) is 0 Å². The van der Waals surface area contributed by atoms with Crippen LogP contribution in [0.25, 0.3) is 0 Å². The Labute approximate surface area is 192 Å². The maximum atomic E-state index is 12.6. The fourth-order valence-electron chi connectivity index (χ4n) is 6.93. The normalized spacial score (nSPS) is 37.3. The van der Waals surface area contributed by atoms with E-state index in [2.05, 4.69) is 45.9 Å². The molecule has 0 spiro atoms. The molecule has 3 fully saturated rings. The van der Waals surface area contributed by atoms with Gasteiger partial charge in [0.25, 0.3) is 5.91 Å². The van der Waals surface area contributed by atoms with Crippen molar-refractivity contribution in [3.63, 3.8) is 0 Å². The summed E-state index contributed by atoms with van der Waals surface area (Å²) in [5, 5.41) is 10.5. The molecule has 2 aliphatic carbocycles. The van der Waals surface area contributed by atoms with E-state index >= 15 is 0 Å². The van der Waals surface area contributed by atoms with Crippen LogP contribution in [0.3, 0.4) is 0 Å². The third kappa shape index (κ3) is 3.72. The molecule has 32 heavy (non-hydrogen) atoms. The van der Waals surface area contributed by atoms with Gasteiger partial charge in [0.1, 0.15) is 11.3 Å². The summed E-state index contributed by atoms with van der Waals surface area (Å²) in [5.74, 6) is 0.835. The van der Waals surface area contributed by atoms with Crippen LogP contribution >= 0.6 is 0 Å². The summed E-state index contributed by atoms with van der Waals surface area (Å²) in [5.41, 5.74) is 2.80. The Bertz CT molecular complexity index is 926. The summed E-state index contributed by atoms with van der Waals surface area (Å²) in [6, 6.07) is -0.368. The van der Waals surface area contributed by atoms with Crippen molar-refractivity contribution in [1.82, 2.24) is 4.90 Å². The lowest BCUT2D eigenvalue weighted by Gasteiger charge is -2.51. The second-order valence-electron chi connectivity index (χ2n) is 10.3. The number of aliphatic hydroxyl groups is 1. The lowest BCUT2D eigenvalue weighted by atomic mass is 9.53. The number of hydrogen-bond acceptors (Lipinski definition) is 3. The number of aliphatic hydroxyl groups excluding tert-OH is 1. The quantitative estimate of drug-likeness (QED) is 0.198. The van der Waals surface area contributed by atoms with E-state index < -0.39 is 0 Å². The molecule has 0 radical (unpaired) electrons. The molecular formula is C28H37NO3. The predicted molar refractivity (Wildman–Crippen MR) is 128 cm³/mol. The maximum Gasteiger partial charge on any atom is 0.261 e. The van der Waals surface area contributed by atoms with Gasteiger partial charge in [0.15, 0.2) is 5.78 Å². The minimum atomic E-state index is -0.368. The Kier molecular flexibility index (Phi) is 6.33. The van der Waals surface area contributed by atoms with Gasteiger partial charge in [-0.2, -0.15) is 0 Å². The Morgan fingerprint density at radius 1 is 1.16 bits per heavy atom. The van der Waals surface area contributed by atoms with Crippen LogP contribution < -0.4 is 0 Å². The molecule has 1 saturated carbocycles. The van der Waals surface area contributed by atoms with Crippen molar-refractivity contribution < 1.29 is 14.7 Å². The Morgan fingerprint density at radius 3 is 2.62 bits per heavy atom. The van der Waals surface area contributed by atoms with Crippen LogP contribution in [0.4, 0.5) is 0 Å². The number of allylic oxidation sites excluding steroid dienone is 8. The molecule has 4 rings (SSSR count). The number of amides is 1. The van der Waals surface area contributed by atoms with E-state index in [9.17, 15) is 14.7 Å². The molecule has 5 atom stereocenters. The molecule has 0 aromatic carbocycles. The largest absolute Gasteiger partial charge is 0.507 e. The number of nitrogens with zero attached hydrogens (tertiary/aromatic N) is 1. The van der Waals surface area contributed by atoms with Crippen LogP contribution in [0.2, 0.25) is 0 Å². The number of hydrogen-bond donors (Lipinski definition) is 1. The van der Waals surface area contributed by atoms with Gasteiger partial charge in [-0.25, -0.2) is 0 Å². The van der Waals surface area contributed by atoms with Gasteiger partial charge >= 0.3 is 0 Å². The Hall–Kier alpha value is -2.36. The molecule has 2 heterocycles. The summed E-state index contributed by atoms with van der Waals surface area (Å²) in [6.07, 6.45) is 19.0. The van der Waals surface area contributed by atoms with E-state index in [1.807, 2.05) is 6.08 Å². The van der Waals surface area contributed by atoms with Crippen LogP contribution in [0.1, 0.15) is 66.2 Å². The first-order valence-electron chi connectivity index (χ1n) is 12.2. The molecular weight excluding hydrogens is 398 g/mol. The Balaban J connectivity index is 1.60. The molecule has 4 heteroatoms. The van der Waals surface area contributed by atoms with Gasteiger partial charge in [-0.1, -0.05) is 61.3 Å². The van der Waals surface area contributed by atoms with E-state index in [1.165, 1.54) is 42.9 Å². The highest BCUT2D eigenvalue weighted by molar-refractivity contribution is 6.27. The van der Waals surface area contributed by atoms with Gasteiger partial charge in [0.05, 0.1) is 6.04 Å². The molecule has 0 aromatic rings. The van der Waals surface area contributed by atoms with Gasteiger partial charge in [0, 0.05) is 12.5 Å². The molecule has 1 N–H and O–H groups in total. The van der Waals surface area contributed by atoms with Crippen molar-refractivity contribution in [1.29, 1.82) is 0 Å². The number of carbonyl (C=O) groups excluding carboxylic acids is 2. The zero-order valence-corrected chi connectivity index (χ0v) is 19.9. The monoisotopic (exact) mass is 435 g/mol. The van der Waals surface area contributed by atoms with E-state index in [0.29, 0.717) is 30.7 Å². The zero-order chi connectivity index (χ0) is 23.0. The SMILES string of the molecule is C/C=C(\C)[C@H]1C(C)=C[C@H]2CCCC[C@@H]2[C@@]1(C)/C=C/C=C/C(O)=C1\C(=O)[C@@H]2CCCN2C1=O. The lowest BCUT2D eigenvalue weighted by molar-refractivity contribution is -0.125. The smallest absolute Gasteiger partial charge is 0.261 e. The van der Waals surface area contributed by atoms with Gasteiger partial charge in [-0.15, -0.1) is 0 Å². The molecule has 2 saturated heterocycles. The second-order valence-corrected chi connectivity index (χ2v) is 10.3. The van der Waals surface area contributed by atoms with Gasteiger partial charge in [-0.3, -0.25) is 9.59 Å². The number of Topliss-reactive ketones (excluding diaryl/α,β-unsaturated/α-hetero) is 1. The number of carbonyl (C=O) groups is 2. The molecule has 1 amide bonds. The summed E-state index contributed by atoms with van der Waals surface area (Å²) < 4.78 is 0. The second kappa shape index (κ2) is 8.88. The van der Waals surface area contributed by atoms with Crippen LogP contribution in [-0.4, -0.2) is 34.3 Å². The highest BCUT2D eigenvalue weighted by Crippen LogP contribution is 2.55. The molecule has 2 aliphatic heterocycles. The fraction of sp³-hybridized carbons (Fsp3) is 0.571. The summed E-state index contributed by atoms with van der Waals surface area (Å²) >= 11 is 0. The molecule has 4 nitrogen and oxygen atoms in total. The third-order valence-electron chi connectivity index (χ3n) is 8.44. The van der Waals surface area contributed by atoms with Gasteiger partial charge < -0.3 is 10.0 Å². The van der Waals surface area contributed by atoms with Crippen molar-refractivity contribution in [2.45, 2.75) is 72.3 Å². The highest BCUT2D eigenvalue weighted by atomic mass is 16.3. The van der Waals surface area contributed by atoms with E-state index in [1.54, 1.807) is 11.0 Å². The van der Waals surface area contributed by atoms with Crippen LogP contribution in [0.15, 0.2) is 58.9 Å². The summed E-state index contributed by atoms with van der Waals surface area (Å²) in [4.78, 5) is 26.7. The van der Waals surface area contributed by atoms with Crippen molar-refractivity contribution in [2.24, 2.45) is 23.2 Å². The fourth-order valence-corrected chi connectivity index (χ4v) is 6.93. The van der Waals surface area contributed by atoms with Crippen molar-refractivity contribution >= 4 is 11.7 Å². The number of ketones is 1. The number of fused-ring (bicyclic) bond motifs is 2. The molecule has 0 unspecified atom stereocenters. The van der Waals surface area contributed by atoms with Crippen molar-refractivity contribution in [3.8, 4) is 0 Å². The first-order chi connectivity index (χ1) is 15.3. The van der Waals surface area contributed by atoms with Gasteiger partial charge in [0.2, 0.25) is 0 Å². The first-order valence-corrected chi connectivity index (χ1v) is 12.2. The summed E-state index contributed by atoms with van der Waals surface area (Å²) in [6.45, 7) is 9.60. The average molecular weight is 436 g/mol. The minimum Gasteiger partial charge on any atom is -0.507 e. The highest BCUT2D eigenvalue weighted by Gasteiger charge is 2.48. The first kappa shape index (κ1) is 22.8. The molecule has 4 aliphatic rings. The number of rotatable bonds is 4. The van der Waals surface area contributed by atoms with E-state index in [0.717, 1.165) is 6.42 Å². The summed E-state index contributed by atoms with van der Waals surface area (Å²) in [7, 11) is 0. The molecule has 0 aromatic heterocycles. The zero-order valence-electron chi connectivity index (χ0n) is 19.9. The van der Waals surface area contributed by atoms with Crippen molar-refractivity contribution in [3.05, 3.63) is 58.9 Å².